The van der Waals surface area contributed by atoms with E-state index in [1.165, 1.54) is 0 Å². The molecule has 0 atom stereocenters. The molecule has 4 nitrogen and oxygen atoms in total. The molecule has 5 heteroatoms. The van der Waals surface area contributed by atoms with Crippen molar-refractivity contribution in [3.8, 4) is 0 Å². The van der Waals surface area contributed by atoms with Gasteiger partial charge >= 0.3 is 0 Å². The number of halogens is 1. The molecule has 0 aliphatic carbocycles. The zero-order valence-electron chi connectivity index (χ0n) is 11.9. The van der Waals surface area contributed by atoms with E-state index in [2.05, 4.69) is 18.8 Å². The highest BCUT2D eigenvalue weighted by Crippen LogP contribution is 2.12. The van der Waals surface area contributed by atoms with Crippen molar-refractivity contribution in [3.05, 3.63) is 23.9 Å². The number of aromatic nitrogens is 1. The van der Waals surface area contributed by atoms with Crippen LogP contribution in [0.3, 0.4) is 0 Å². The Morgan fingerprint density at radius 1 is 1.32 bits per heavy atom. The summed E-state index contributed by atoms with van der Waals surface area (Å²) < 4.78 is 0. The molecule has 1 rings (SSSR count). The number of anilines is 1. The zero-order chi connectivity index (χ0) is 13.5. The maximum Gasteiger partial charge on any atom is 0.272 e. The van der Waals surface area contributed by atoms with Crippen molar-refractivity contribution in [2.45, 2.75) is 33.6 Å². The van der Waals surface area contributed by atoms with Crippen LogP contribution in [0.1, 0.15) is 44.1 Å². The molecule has 0 aliphatic rings. The lowest BCUT2D eigenvalue weighted by atomic mass is 10.0. The highest BCUT2D eigenvalue weighted by atomic mass is 35.5. The van der Waals surface area contributed by atoms with Crippen LogP contribution in [-0.4, -0.2) is 28.9 Å². The molecule has 1 amide bonds. The lowest BCUT2D eigenvalue weighted by Gasteiger charge is -2.25. The molecule has 108 valence electrons. The van der Waals surface area contributed by atoms with Crippen LogP contribution < -0.4 is 5.73 Å². The maximum atomic E-state index is 12.3. The molecule has 0 aliphatic heterocycles. The number of nitrogens with zero attached hydrogens (tertiary/aromatic N) is 2. The zero-order valence-corrected chi connectivity index (χ0v) is 12.7. The summed E-state index contributed by atoms with van der Waals surface area (Å²) in [5, 5.41) is 0. The molecule has 1 aromatic heterocycles. The van der Waals surface area contributed by atoms with E-state index in [-0.39, 0.29) is 18.3 Å². The van der Waals surface area contributed by atoms with Gasteiger partial charge in [0.15, 0.2) is 0 Å². The Hall–Kier alpha value is -1.29. The van der Waals surface area contributed by atoms with Crippen molar-refractivity contribution < 1.29 is 4.79 Å². The van der Waals surface area contributed by atoms with Crippen molar-refractivity contribution in [1.29, 1.82) is 0 Å². The number of hydrogen-bond donors (Lipinski definition) is 1. The fourth-order valence-corrected chi connectivity index (χ4v) is 1.95. The quantitative estimate of drug-likeness (QED) is 0.874. The van der Waals surface area contributed by atoms with Gasteiger partial charge in [-0.3, -0.25) is 4.79 Å². The number of pyridine rings is 1. The van der Waals surface area contributed by atoms with Crippen molar-refractivity contribution in [2.75, 3.05) is 18.8 Å². The molecule has 0 spiro atoms. The van der Waals surface area contributed by atoms with E-state index in [0.29, 0.717) is 24.0 Å². The van der Waals surface area contributed by atoms with E-state index >= 15 is 0 Å². The number of amides is 1. The van der Waals surface area contributed by atoms with Gasteiger partial charge in [0.1, 0.15) is 11.5 Å². The summed E-state index contributed by atoms with van der Waals surface area (Å²) in [4.78, 5) is 18.2. The van der Waals surface area contributed by atoms with Crippen molar-refractivity contribution >= 4 is 24.1 Å². The molecule has 0 radical (unpaired) electrons. The van der Waals surface area contributed by atoms with Crippen LogP contribution in [0, 0.1) is 5.92 Å². The van der Waals surface area contributed by atoms with Crippen molar-refractivity contribution in [1.82, 2.24) is 9.88 Å². The highest BCUT2D eigenvalue weighted by Gasteiger charge is 2.18. The first-order chi connectivity index (χ1) is 8.62. The lowest BCUT2D eigenvalue weighted by Crippen LogP contribution is -2.35. The molecule has 0 bridgehead atoms. The number of carbonyl (C=O) groups is 1. The Kier molecular flexibility index (Phi) is 8.16. The first-order valence-corrected chi connectivity index (χ1v) is 6.64. The number of nitrogens with two attached hydrogens (primary N) is 1. The summed E-state index contributed by atoms with van der Waals surface area (Å²) in [6.07, 6.45) is 2.18. The van der Waals surface area contributed by atoms with Gasteiger partial charge < -0.3 is 10.6 Å². The molecule has 19 heavy (non-hydrogen) atoms. The Labute approximate surface area is 121 Å². The molecule has 0 aromatic carbocycles. The number of carbonyl (C=O) groups excluding carboxylic acids is 1. The number of nitrogen functional groups attached to an aromatic ring is 1. The summed E-state index contributed by atoms with van der Waals surface area (Å²) in [5.74, 6) is 0.908. The van der Waals surface area contributed by atoms with E-state index < -0.39 is 0 Å². The second-order valence-electron chi connectivity index (χ2n) is 4.47. The summed E-state index contributed by atoms with van der Waals surface area (Å²) in [7, 11) is 0. The van der Waals surface area contributed by atoms with Gasteiger partial charge in [0.2, 0.25) is 0 Å². The van der Waals surface area contributed by atoms with Gasteiger partial charge in [-0.15, -0.1) is 12.4 Å². The monoisotopic (exact) mass is 285 g/mol. The minimum atomic E-state index is -0.0308. The second kappa shape index (κ2) is 8.75. The standard InChI is InChI=1S/C14H23N3O.ClH/c1-4-11(5-2)10-17(6-3)14(18)12-8-7-9-13(15)16-12;/h7-9,11H,4-6,10H2,1-3H3,(H2,15,16);1H. The first-order valence-electron chi connectivity index (χ1n) is 6.64. The van der Waals surface area contributed by atoms with Crippen LogP contribution in [0.25, 0.3) is 0 Å². The van der Waals surface area contributed by atoms with Crippen molar-refractivity contribution in [2.24, 2.45) is 5.92 Å². The van der Waals surface area contributed by atoms with Crippen LogP contribution in [0.2, 0.25) is 0 Å². The van der Waals surface area contributed by atoms with Crippen LogP contribution >= 0.6 is 12.4 Å². The third kappa shape index (κ3) is 5.07. The minimum Gasteiger partial charge on any atom is -0.384 e. The van der Waals surface area contributed by atoms with Crippen molar-refractivity contribution in [3.63, 3.8) is 0 Å². The van der Waals surface area contributed by atoms with Gasteiger partial charge in [-0.2, -0.15) is 0 Å². The largest absolute Gasteiger partial charge is 0.384 e. The van der Waals surface area contributed by atoms with Crippen LogP contribution in [0.15, 0.2) is 18.2 Å². The van der Waals surface area contributed by atoms with Crippen LogP contribution in [0.5, 0.6) is 0 Å². The predicted octanol–water partition coefficient (Wildman–Crippen LogP) is 2.98. The summed E-state index contributed by atoms with van der Waals surface area (Å²) >= 11 is 0. The highest BCUT2D eigenvalue weighted by molar-refractivity contribution is 5.92. The molecule has 0 saturated heterocycles. The van der Waals surface area contributed by atoms with Gasteiger partial charge in [-0.05, 0) is 25.0 Å². The molecule has 1 aromatic rings. The Morgan fingerprint density at radius 3 is 2.42 bits per heavy atom. The van der Waals surface area contributed by atoms with Gasteiger partial charge in [0, 0.05) is 13.1 Å². The van der Waals surface area contributed by atoms with Crippen LogP contribution in [0.4, 0.5) is 5.82 Å². The number of hydrogen-bond acceptors (Lipinski definition) is 3. The molecular formula is C14H24ClN3O. The van der Waals surface area contributed by atoms with Gasteiger partial charge in [0.25, 0.3) is 5.91 Å². The SMILES string of the molecule is CCC(CC)CN(CC)C(=O)c1cccc(N)n1.Cl. The topological polar surface area (TPSA) is 59.2 Å². The fourth-order valence-electron chi connectivity index (χ4n) is 1.95. The summed E-state index contributed by atoms with van der Waals surface area (Å²) in [6.45, 7) is 7.80. The van der Waals surface area contributed by atoms with E-state index in [4.69, 9.17) is 5.73 Å². The van der Waals surface area contributed by atoms with Gasteiger partial charge in [-0.25, -0.2) is 4.98 Å². The first kappa shape index (κ1) is 17.7. The summed E-state index contributed by atoms with van der Waals surface area (Å²) in [5.41, 5.74) is 6.04. The Morgan fingerprint density at radius 2 is 1.95 bits per heavy atom. The van der Waals surface area contributed by atoms with Gasteiger partial charge in [0.05, 0.1) is 0 Å². The normalized spacial score (nSPS) is 10.1. The minimum absolute atomic E-state index is 0. The Balaban J connectivity index is 0.00000324. The molecule has 0 fully saturated rings. The third-order valence-corrected chi connectivity index (χ3v) is 3.29. The van der Waals surface area contributed by atoms with E-state index in [0.717, 1.165) is 19.4 Å². The molecule has 0 saturated carbocycles. The van der Waals surface area contributed by atoms with E-state index in [1.54, 1.807) is 18.2 Å². The average molecular weight is 286 g/mol. The molecule has 1 heterocycles. The lowest BCUT2D eigenvalue weighted by molar-refractivity contribution is 0.0729. The summed E-state index contributed by atoms with van der Waals surface area (Å²) in [6, 6.07) is 5.17. The van der Waals surface area contributed by atoms with Gasteiger partial charge in [-0.1, -0.05) is 32.8 Å². The van der Waals surface area contributed by atoms with Crippen LogP contribution in [-0.2, 0) is 0 Å². The van der Waals surface area contributed by atoms with E-state index in [9.17, 15) is 4.79 Å². The second-order valence-corrected chi connectivity index (χ2v) is 4.47. The third-order valence-electron chi connectivity index (χ3n) is 3.29. The molecular weight excluding hydrogens is 262 g/mol. The average Bonchev–Trinajstić information content (AvgIpc) is 2.39. The molecule has 0 unspecified atom stereocenters. The maximum absolute atomic E-state index is 12.3. The van der Waals surface area contributed by atoms with E-state index in [1.807, 2.05) is 11.8 Å². The Bertz CT molecular complexity index is 394. The fraction of sp³-hybridized carbons (Fsp3) is 0.571. The predicted molar refractivity (Wildman–Crippen MR) is 81.5 cm³/mol. The number of rotatable bonds is 6. The smallest absolute Gasteiger partial charge is 0.272 e. The molecule has 2 N–H and O–H groups in total.